The Morgan fingerprint density at radius 1 is 1.38 bits per heavy atom. The van der Waals surface area contributed by atoms with Crippen molar-refractivity contribution in [3.05, 3.63) is 29.8 Å². The summed E-state index contributed by atoms with van der Waals surface area (Å²) in [6.07, 6.45) is 1.58. The third kappa shape index (κ3) is 5.93. The largest absolute Gasteiger partial charge is 0.489 e. The topological polar surface area (TPSA) is 63.2 Å². The minimum atomic E-state index is -0.105. The average Bonchev–Trinajstić information content (AvgIpc) is 2.64. The molecule has 0 amide bonds. The van der Waals surface area contributed by atoms with E-state index in [1.54, 1.807) is 0 Å². The van der Waals surface area contributed by atoms with Crippen LogP contribution < -0.4 is 10.1 Å². The Kier molecular flexibility index (Phi) is 7.75. The molecule has 0 aromatic heterocycles. The fourth-order valence-corrected chi connectivity index (χ4v) is 3.09. The summed E-state index contributed by atoms with van der Waals surface area (Å²) in [6.45, 7) is 9.13. The molecule has 1 aromatic rings. The number of carbonyl (C=O) groups excluding carboxylic acids is 1. The van der Waals surface area contributed by atoms with E-state index in [0.717, 1.165) is 44.2 Å². The van der Waals surface area contributed by atoms with Crippen LogP contribution in [0.3, 0.4) is 0 Å². The van der Waals surface area contributed by atoms with Crippen LogP contribution in [-0.4, -0.2) is 56.2 Å². The van der Waals surface area contributed by atoms with Gasteiger partial charge in [-0.1, -0.05) is 12.1 Å². The molecule has 144 valence electrons. The number of guanidine groups is 1. The summed E-state index contributed by atoms with van der Waals surface area (Å²) < 4.78 is 10.8. The molecule has 26 heavy (non-hydrogen) atoms. The van der Waals surface area contributed by atoms with E-state index in [-0.39, 0.29) is 18.0 Å². The molecule has 0 bridgehead atoms. The van der Waals surface area contributed by atoms with Crippen LogP contribution in [-0.2, 0) is 9.53 Å². The Balaban J connectivity index is 1.91. The van der Waals surface area contributed by atoms with Gasteiger partial charge in [-0.25, -0.2) is 4.99 Å². The summed E-state index contributed by atoms with van der Waals surface area (Å²) in [4.78, 5) is 18.6. The zero-order valence-corrected chi connectivity index (χ0v) is 16.3. The quantitative estimate of drug-likeness (QED) is 0.479. The third-order valence-electron chi connectivity index (χ3n) is 4.49. The number of nitrogens with zero attached hydrogens (tertiary/aromatic N) is 2. The van der Waals surface area contributed by atoms with Crippen molar-refractivity contribution < 1.29 is 14.3 Å². The highest BCUT2D eigenvalue weighted by atomic mass is 16.5. The maximum Gasteiger partial charge on any atom is 0.308 e. The first-order chi connectivity index (χ1) is 12.5. The van der Waals surface area contributed by atoms with Crippen LogP contribution in [0.5, 0.6) is 5.75 Å². The molecular formula is C20H31N3O3. The second-order valence-electron chi connectivity index (χ2n) is 6.72. The minimum absolute atomic E-state index is 0.00250. The number of methoxy groups -OCH3 is 1. The zero-order chi connectivity index (χ0) is 18.9. The molecule has 2 rings (SSSR count). The number of rotatable bonds is 6. The van der Waals surface area contributed by atoms with E-state index in [0.29, 0.717) is 6.54 Å². The molecule has 1 N–H and O–H groups in total. The van der Waals surface area contributed by atoms with Gasteiger partial charge in [0, 0.05) is 19.6 Å². The van der Waals surface area contributed by atoms with Gasteiger partial charge in [0.15, 0.2) is 5.96 Å². The van der Waals surface area contributed by atoms with Crippen molar-refractivity contribution in [2.75, 3.05) is 33.3 Å². The number of likely N-dealkylation sites (tertiary alicyclic amines) is 1. The molecule has 1 aliphatic heterocycles. The first kappa shape index (κ1) is 20.1. The minimum Gasteiger partial charge on any atom is -0.489 e. The molecule has 6 nitrogen and oxygen atoms in total. The number of hydrogen-bond donors (Lipinski definition) is 1. The lowest BCUT2D eigenvalue weighted by Crippen LogP contribution is -2.47. The molecule has 1 atom stereocenters. The third-order valence-corrected chi connectivity index (χ3v) is 4.49. The molecule has 1 fully saturated rings. The van der Waals surface area contributed by atoms with Crippen LogP contribution in [0.1, 0.15) is 32.3 Å². The van der Waals surface area contributed by atoms with Crippen molar-refractivity contribution in [2.24, 2.45) is 10.9 Å². The standard InChI is InChI=1S/C20H31N3O3/c1-5-21-20(23-11-9-17(10-12-23)19(24)25-4)22-14-16(3)26-18-8-6-7-15(2)13-18/h6-8,13,16-17H,5,9-12,14H2,1-4H3,(H,21,22). The molecule has 0 spiro atoms. The van der Waals surface area contributed by atoms with E-state index in [1.807, 2.05) is 25.1 Å². The molecule has 1 aliphatic rings. The zero-order valence-electron chi connectivity index (χ0n) is 16.3. The number of carbonyl (C=O) groups is 1. The molecule has 1 saturated heterocycles. The second-order valence-corrected chi connectivity index (χ2v) is 6.72. The van der Waals surface area contributed by atoms with Gasteiger partial charge in [-0.3, -0.25) is 4.79 Å². The fraction of sp³-hybridized carbons (Fsp3) is 0.600. The van der Waals surface area contributed by atoms with Crippen molar-refractivity contribution in [3.63, 3.8) is 0 Å². The average molecular weight is 361 g/mol. The van der Waals surface area contributed by atoms with Crippen LogP contribution in [0.2, 0.25) is 0 Å². The maximum atomic E-state index is 11.7. The summed E-state index contributed by atoms with van der Waals surface area (Å²) in [5.41, 5.74) is 1.18. The van der Waals surface area contributed by atoms with Gasteiger partial charge in [0.25, 0.3) is 0 Å². The lowest BCUT2D eigenvalue weighted by molar-refractivity contribution is -0.146. The number of aliphatic imine (C=N–C) groups is 1. The number of ether oxygens (including phenoxy) is 2. The molecule has 6 heteroatoms. The predicted octanol–water partition coefficient (Wildman–Crippen LogP) is 2.61. The van der Waals surface area contributed by atoms with Crippen molar-refractivity contribution in [1.82, 2.24) is 10.2 Å². The lowest BCUT2D eigenvalue weighted by Gasteiger charge is -2.33. The normalized spacial score (nSPS) is 16.9. The maximum absolute atomic E-state index is 11.7. The van der Waals surface area contributed by atoms with E-state index in [2.05, 4.69) is 30.1 Å². The van der Waals surface area contributed by atoms with Gasteiger partial charge in [0.2, 0.25) is 0 Å². The fourth-order valence-electron chi connectivity index (χ4n) is 3.09. The van der Waals surface area contributed by atoms with Crippen LogP contribution >= 0.6 is 0 Å². The van der Waals surface area contributed by atoms with Crippen molar-refractivity contribution in [1.29, 1.82) is 0 Å². The highest BCUT2D eigenvalue weighted by molar-refractivity contribution is 5.80. The Hall–Kier alpha value is -2.24. The number of esters is 1. The Morgan fingerprint density at radius 3 is 2.73 bits per heavy atom. The smallest absolute Gasteiger partial charge is 0.308 e. The molecule has 0 saturated carbocycles. The summed E-state index contributed by atoms with van der Waals surface area (Å²) in [7, 11) is 1.45. The summed E-state index contributed by atoms with van der Waals surface area (Å²) >= 11 is 0. The number of benzene rings is 1. The van der Waals surface area contributed by atoms with Gasteiger partial charge in [-0.2, -0.15) is 0 Å². The van der Waals surface area contributed by atoms with Crippen LogP contribution in [0.15, 0.2) is 29.3 Å². The first-order valence-electron chi connectivity index (χ1n) is 9.38. The molecule has 1 aromatic carbocycles. The van der Waals surface area contributed by atoms with E-state index in [4.69, 9.17) is 14.5 Å². The molecular weight excluding hydrogens is 330 g/mol. The van der Waals surface area contributed by atoms with E-state index < -0.39 is 0 Å². The first-order valence-corrected chi connectivity index (χ1v) is 9.38. The van der Waals surface area contributed by atoms with E-state index in [1.165, 1.54) is 12.7 Å². The summed E-state index contributed by atoms with van der Waals surface area (Å²) in [5, 5.41) is 3.34. The Morgan fingerprint density at radius 2 is 2.12 bits per heavy atom. The summed E-state index contributed by atoms with van der Waals surface area (Å²) in [5.74, 6) is 1.65. The van der Waals surface area contributed by atoms with Crippen LogP contribution in [0.4, 0.5) is 0 Å². The second kappa shape index (κ2) is 10.0. The predicted molar refractivity (Wildman–Crippen MR) is 104 cm³/mol. The van der Waals surface area contributed by atoms with Crippen molar-refractivity contribution in [3.8, 4) is 5.75 Å². The van der Waals surface area contributed by atoms with E-state index >= 15 is 0 Å². The number of hydrogen-bond acceptors (Lipinski definition) is 4. The van der Waals surface area contributed by atoms with Crippen LogP contribution in [0.25, 0.3) is 0 Å². The highest BCUT2D eigenvalue weighted by Gasteiger charge is 2.27. The monoisotopic (exact) mass is 361 g/mol. The van der Waals surface area contributed by atoms with E-state index in [9.17, 15) is 4.79 Å². The van der Waals surface area contributed by atoms with Gasteiger partial charge < -0.3 is 19.7 Å². The Labute approximate surface area is 156 Å². The van der Waals surface area contributed by atoms with Gasteiger partial charge in [-0.15, -0.1) is 0 Å². The molecule has 0 aliphatic carbocycles. The van der Waals surface area contributed by atoms with Gasteiger partial charge in [0.05, 0.1) is 19.6 Å². The Bertz CT molecular complexity index is 610. The number of piperidine rings is 1. The molecule has 1 unspecified atom stereocenters. The van der Waals surface area contributed by atoms with Gasteiger partial charge >= 0.3 is 5.97 Å². The van der Waals surface area contributed by atoms with Crippen molar-refractivity contribution >= 4 is 11.9 Å². The number of nitrogens with one attached hydrogen (secondary N) is 1. The van der Waals surface area contributed by atoms with Crippen LogP contribution in [0, 0.1) is 12.8 Å². The molecule has 1 heterocycles. The van der Waals surface area contributed by atoms with Crippen molar-refractivity contribution in [2.45, 2.75) is 39.7 Å². The van der Waals surface area contributed by atoms with Gasteiger partial charge in [0.1, 0.15) is 11.9 Å². The SMILES string of the molecule is CCNC(=NCC(C)Oc1cccc(C)c1)N1CCC(C(=O)OC)CC1. The number of aryl methyl sites for hydroxylation is 1. The lowest BCUT2D eigenvalue weighted by atomic mass is 9.97. The van der Waals surface area contributed by atoms with Gasteiger partial charge in [-0.05, 0) is 51.3 Å². The molecule has 0 radical (unpaired) electrons. The highest BCUT2D eigenvalue weighted by Crippen LogP contribution is 2.19. The summed E-state index contributed by atoms with van der Waals surface area (Å²) in [6, 6.07) is 8.05.